The van der Waals surface area contributed by atoms with Crippen molar-refractivity contribution in [3.05, 3.63) is 130 Å². The molecular formula is C50H62N4O12. The lowest BCUT2D eigenvalue weighted by Gasteiger charge is -2.60. The van der Waals surface area contributed by atoms with E-state index >= 15 is 0 Å². The second kappa shape index (κ2) is 24.6. The van der Waals surface area contributed by atoms with Crippen LogP contribution < -0.4 is 14.8 Å². The normalized spacial score (nSPS) is 22.4. The lowest BCUT2D eigenvalue weighted by Crippen LogP contribution is -2.70. The second-order valence-corrected chi connectivity index (χ2v) is 16.5. The number of rotatable bonds is 25. The van der Waals surface area contributed by atoms with Crippen LogP contribution in [0.1, 0.15) is 74.5 Å². The number of oxime groups is 1. The third-order valence-corrected chi connectivity index (χ3v) is 12.3. The molecule has 1 fully saturated rings. The summed E-state index contributed by atoms with van der Waals surface area (Å²) in [6, 6.07) is 19.8. The second-order valence-electron chi connectivity index (χ2n) is 16.5. The van der Waals surface area contributed by atoms with Gasteiger partial charge in [0.1, 0.15) is 24.1 Å². The molecule has 3 aromatic rings. The fourth-order valence-corrected chi connectivity index (χ4v) is 9.49. The number of allylic oxidation sites excluding steroid dienone is 1. The fourth-order valence-electron chi connectivity index (χ4n) is 9.49. The predicted octanol–water partition coefficient (Wildman–Crippen LogP) is 7.09. The van der Waals surface area contributed by atoms with Gasteiger partial charge in [-0.3, -0.25) is 14.9 Å². The van der Waals surface area contributed by atoms with Crippen LogP contribution in [0.5, 0.6) is 11.5 Å². The van der Waals surface area contributed by atoms with Crippen LogP contribution in [0.15, 0.2) is 108 Å². The average Bonchev–Trinajstić information content (AvgIpc) is 3.33. The van der Waals surface area contributed by atoms with Crippen LogP contribution in [0.25, 0.3) is 6.08 Å². The Morgan fingerprint density at radius 3 is 2.45 bits per heavy atom. The summed E-state index contributed by atoms with van der Waals surface area (Å²) in [5.41, 5.74) is 3.61. The summed E-state index contributed by atoms with van der Waals surface area (Å²) < 4.78 is 26.0. The van der Waals surface area contributed by atoms with Crippen molar-refractivity contribution < 1.29 is 53.6 Å². The Labute approximate surface area is 385 Å². The summed E-state index contributed by atoms with van der Waals surface area (Å²) in [5.74, 6) is -2.32. The van der Waals surface area contributed by atoms with E-state index in [4.69, 9.17) is 28.9 Å². The van der Waals surface area contributed by atoms with E-state index in [1.165, 1.54) is 18.2 Å². The van der Waals surface area contributed by atoms with Gasteiger partial charge in [0.25, 0.3) is 5.69 Å². The Kier molecular flexibility index (Phi) is 18.4. The molecule has 0 aromatic heterocycles. The monoisotopic (exact) mass is 910 g/mol. The van der Waals surface area contributed by atoms with E-state index in [9.17, 15) is 35.0 Å². The Balaban J connectivity index is 1.51. The van der Waals surface area contributed by atoms with Gasteiger partial charge in [0, 0.05) is 62.4 Å². The number of nitrogens with one attached hydrogen (secondary N) is 1. The number of unbranched alkanes of at least 4 members (excludes halogenated alkanes) is 2. The minimum Gasteiger partial charge on any atom is -0.459 e. The zero-order valence-corrected chi connectivity index (χ0v) is 37.5. The molecule has 4 N–H and O–H groups in total. The highest BCUT2D eigenvalue weighted by Crippen LogP contribution is 2.62. The van der Waals surface area contributed by atoms with E-state index < -0.39 is 34.7 Å². The molecule has 6 atom stereocenters. The molecule has 3 aromatic carbocycles. The molecule has 2 amide bonds. The molecule has 0 radical (unpaired) electrons. The average molecular weight is 911 g/mol. The van der Waals surface area contributed by atoms with Gasteiger partial charge in [-0.15, -0.1) is 6.58 Å². The number of carbonyl (C=O) groups is 2. The third kappa shape index (κ3) is 12.1. The number of nitro groups is 1. The molecule has 16 heteroatoms. The zero-order chi connectivity index (χ0) is 46.9. The Morgan fingerprint density at radius 1 is 1.00 bits per heavy atom. The highest BCUT2D eigenvalue weighted by Gasteiger charge is 2.65. The topological polar surface area (TPSA) is 212 Å². The number of hydrogen-bond acceptors (Lipinski definition) is 13. The van der Waals surface area contributed by atoms with E-state index in [2.05, 4.69) is 18.0 Å². The summed E-state index contributed by atoms with van der Waals surface area (Å²) in [7, 11) is 0. The van der Waals surface area contributed by atoms with E-state index in [0.29, 0.717) is 48.5 Å². The minimum atomic E-state index is -1.57. The molecule has 0 spiro atoms. The molecule has 1 aliphatic heterocycles. The smallest absolute Gasteiger partial charge is 0.412 e. The molecular weight excluding hydrogens is 849 g/mol. The van der Waals surface area contributed by atoms with E-state index in [1.54, 1.807) is 41.3 Å². The van der Waals surface area contributed by atoms with Crippen LogP contribution in [-0.2, 0) is 25.7 Å². The standard InChI is InChI=1S/C50H62N4O12/c1-3-28-63-50-45(53(24-29-62-30-27-57)46(58)23-18-35-16-19-38(20-17-35)54(60)61)33-43(52-64-4-2)41-31-37(14-8-10-25-55)40(15-9-11-26-56)47(48(41)50)42-32-39(21-22-44(42)66-50)65-49(59)51-34-36-12-6-5-7-13-36/h3,5-7,12-13,16-23,31-32,37,40,45,47-48,55-57H,1,4,8-11,14-15,24-30,33-34H2,2H3,(H,51,59). The highest BCUT2D eigenvalue weighted by molar-refractivity contribution is 6.03. The predicted molar refractivity (Wildman–Crippen MR) is 248 cm³/mol. The number of aliphatic hydroxyl groups is 3. The van der Waals surface area contributed by atoms with Crippen molar-refractivity contribution in [2.24, 2.45) is 22.9 Å². The molecule has 66 heavy (non-hydrogen) atoms. The Hall–Kier alpha value is -5.91. The third-order valence-electron chi connectivity index (χ3n) is 12.3. The van der Waals surface area contributed by atoms with Gasteiger partial charge < -0.3 is 49.3 Å². The minimum absolute atomic E-state index is 0.0223. The van der Waals surface area contributed by atoms with Gasteiger partial charge in [-0.25, -0.2) is 4.79 Å². The van der Waals surface area contributed by atoms with Crippen LogP contribution in [-0.4, -0.2) is 107 Å². The molecule has 354 valence electrons. The molecule has 1 saturated carbocycles. The van der Waals surface area contributed by atoms with E-state index in [0.717, 1.165) is 29.5 Å². The number of nitro benzene ring substituents is 1. The van der Waals surface area contributed by atoms with Gasteiger partial charge >= 0.3 is 6.09 Å². The van der Waals surface area contributed by atoms with Gasteiger partial charge in [-0.2, -0.15) is 0 Å². The molecule has 6 unspecified atom stereocenters. The number of carbonyl (C=O) groups excluding carboxylic acids is 2. The van der Waals surface area contributed by atoms with Crippen molar-refractivity contribution in [2.75, 3.05) is 52.8 Å². The maximum absolute atomic E-state index is 14.8. The number of non-ortho nitro benzene ring substituents is 1. The summed E-state index contributed by atoms with van der Waals surface area (Å²) in [5, 5.41) is 48.3. The fraction of sp³-hybridized carbons (Fsp3) is 0.460. The van der Waals surface area contributed by atoms with Gasteiger partial charge in [0.05, 0.1) is 43.0 Å². The van der Waals surface area contributed by atoms with Crippen LogP contribution in [0.3, 0.4) is 0 Å². The van der Waals surface area contributed by atoms with Crippen LogP contribution >= 0.6 is 0 Å². The number of amides is 2. The number of nitrogens with zero attached hydrogens (tertiary/aromatic N) is 3. The van der Waals surface area contributed by atoms with Gasteiger partial charge in [0.15, 0.2) is 0 Å². The van der Waals surface area contributed by atoms with Crippen molar-refractivity contribution in [2.45, 2.75) is 76.2 Å². The summed E-state index contributed by atoms with van der Waals surface area (Å²) in [6.07, 6.45) is 10.5. The van der Waals surface area contributed by atoms with E-state index in [-0.39, 0.29) is 89.2 Å². The summed E-state index contributed by atoms with van der Waals surface area (Å²) in [4.78, 5) is 46.4. The number of aliphatic hydroxyl groups excluding tert-OH is 3. The first-order chi connectivity index (χ1) is 32.2. The summed E-state index contributed by atoms with van der Waals surface area (Å²) in [6.45, 7) is 6.42. The lowest BCUT2D eigenvalue weighted by molar-refractivity contribution is -0.384. The zero-order valence-electron chi connectivity index (χ0n) is 37.5. The molecule has 0 bridgehead atoms. The number of ether oxygens (including phenoxy) is 4. The first-order valence-corrected chi connectivity index (χ1v) is 22.8. The Bertz CT molecular complexity index is 2180. The van der Waals surface area contributed by atoms with Gasteiger partial charge in [-0.1, -0.05) is 60.5 Å². The first-order valence-electron chi connectivity index (χ1n) is 22.8. The molecule has 2 aliphatic carbocycles. The SMILES string of the molecule is C=CCOC12Oc3ccc(OC(=O)NCc4ccccc4)cc3C3C(CCCCO)C(CCCCO)C=C(C(=NOCC)CC1N(CCOCCO)C(=O)C=Cc1ccc([N+](=O)[O-])cc1)C32. The molecule has 1 heterocycles. The van der Waals surface area contributed by atoms with Gasteiger partial charge in [0.2, 0.25) is 11.7 Å². The Morgan fingerprint density at radius 2 is 1.76 bits per heavy atom. The van der Waals surface area contributed by atoms with Crippen molar-refractivity contribution in [1.82, 2.24) is 10.2 Å². The molecule has 6 rings (SSSR count). The van der Waals surface area contributed by atoms with Crippen molar-refractivity contribution in [3.8, 4) is 11.5 Å². The summed E-state index contributed by atoms with van der Waals surface area (Å²) >= 11 is 0. The van der Waals surface area contributed by atoms with Gasteiger partial charge in [-0.05, 0) is 97.6 Å². The molecule has 3 aliphatic rings. The van der Waals surface area contributed by atoms with Crippen molar-refractivity contribution in [1.29, 1.82) is 0 Å². The van der Waals surface area contributed by atoms with Crippen LogP contribution in [0.2, 0.25) is 0 Å². The largest absolute Gasteiger partial charge is 0.459 e. The van der Waals surface area contributed by atoms with Crippen molar-refractivity contribution >= 4 is 29.5 Å². The quantitative estimate of drug-likeness (QED) is 0.0221. The number of fused-ring (bicyclic) bond motifs is 2. The maximum atomic E-state index is 14.8. The maximum Gasteiger partial charge on any atom is 0.412 e. The van der Waals surface area contributed by atoms with Crippen molar-refractivity contribution in [3.63, 3.8) is 0 Å². The lowest BCUT2D eigenvalue weighted by atomic mass is 9.55. The highest BCUT2D eigenvalue weighted by atomic mass is 16.7. The first kappa shape index (κ1) is 49.5. The number of hydrogen-bond donors (Lipinski definition) is 4. The number of benzene rings is 3. The van der Waals surface area contributed by atoms with Crippen LogP contribution in [0, 0.1) is 27.9 Å². The molecule has 0 saturated heterocycles. The van der Waals surface area contributed by atoms with Crippen LogP contribution in [0.4, 0.5) is 10.5 Å². The van der Waals surface area contributed by atoms with E-state index in [1.807, 2.05) is 43.3 Å². The molecule has 16 nitrogen and oxygen atoms in total.